The number of hydrogen-bond donors (Lipinski definition) is 2. The van der Waals surface area contributed by atoms with E-state index in [1.54, 1.807) is 18.7 Å². The van der Waals surface area contributed by atoms with Gasteiger partial charge in [0.15, 0.2) is 5.69 Å². The molecule has 1 unspecified atom stereocenters. The molecule has 190 valence electrons. The smallest absolute Gasteiger partial charge is 0.274 e. The third kappa shape index (κ3) is 5.84. The molecule has 9 nitrogen and oxygen atoms in total. The van der Waals surface area contributed by atoms with Gasteiger partial charge in [-0.2, -0.15) is 0 Å². The number of hydrogen-bond acceptors (Lipinski definition) is 6. The van der Waals surface area contributed by atoms with Crippen molar-refractivity contribution in [1.29, 1.82) is 0 Å². The van der Waals surface area contributed by atoms with E-state index in [1.165, 1.54) is 12.8 Å². The van der Waals surface area contributed by atoms with Crippen molar-refractivity contribution >= 4 is 23.2 Å². The van der Waals surface area contributed by atoms with Gasteiger partial charge in [0.25, 0.3) is 5.91 Å². The van der Waals surface area contributed by atoms with Crippen LogP contribution < -0.4 is 20.3 Å². The molecule has 36 heavy (non-hydrogen) atoms. The molecule has 1 atom stereocenters. The van der Waals surface area contributed by atoms with Gasteiger partial charge in [-0.05, 0) is 56.5 Å². The normalized spacial score (nSPS) is 13.9. The fraction of sp³-hybridized carbons (Fsp3) is 0.407. The molecule has 3 aromatic rings. The molecule has 1 saturated heterocycles. The molecule has 1 fully saturated rings. The van der Waals surface area contributed by atoms with Crippen molar-refractivity contribution in [3.63, 3.8) is 0 Å². The van der Waals surface area contributed by atoms with Crippen LogP contribution in [0.1, 0.15) is 55.2 Å². The number of aromatic nitrogens is 3. The van der Waals surface area contributed by atoms with Crippen LogP contribution in [0.5, 0.6) is 5.75 Å². The van der Waals surface area contributed by atoms with Gasteiger partial charge in [0.2, 0.25) is 5.91 Å². The summed E-state index contributed by atoms with van der Waals surface area (Å²) >= 11 is 0. The van der Waals surface area contributed by atoms with Crippen LogP contribution in [0.25, 0.3) is 5.69 Å². The van der Waals surface area contributed by atoms with Crippen molar-refractivity contribution in [3.8, 4) is 11.4 Å². The van der Waals surface area contributed by atoms with Gasteiger partial charge in [0.1, 0.15) is 11.8 Å². The van der Waals surface area contributed by atoms with Crippen LogP contribution in [0.3, 0.4) is 0 Å². The van der Waals surface area contributed by atoms with Crippen LogP contribution in [0, 0.1) is 6.92 Å². The highest BCUT2D eigenvalue weighted by atomic mass is 16.5. The average Bonchev–Trinajstić information content (AvgIpc) is 3.57. The Labute approximate surface area is 211 Å². The van der Waals surface area contributed by atoms with Gasteiger partial charge in [-0.1, -0.05) is 37.1 Å². The van der Waals surface area contributed by atoms with Crippen LogP contribution in [0.4, 0.5) is 11.4 Å². The summed E-state index contributed by atoms with van der Waals surface area (Å²) < 4.78 is 6.87. The summed E-state index contributed by atoms with van der Waals surface area (Å²) in [6.45, 7) is 5.89. The van der Waals surface area contributed by atoms with Crippen LogP contribution in [0.15, 0.2) is 48.5 Å². The maximum atomic E-state index is 13.2. The Balaban J connectivity index is 1.48. The molecule has 1 aliphatic rings. The van der Waals surface area contributed by atoms with E-state index >= 15 is 0 Å². The molecular formula is C27H34N6O3. The molecule has 0 radical (unpaired) electrons. The first-order chi connectivity index (χ1) is 17.5. The first-order valence-electron chi connectivity index (χ1n) is 12.5. The molecule has 2 heterocycles. The van der Waals surface area contributed by atoms with Crippen molar-refractivity contribution in [2.75, 3.05) is 30.4 Å². The van der Waals surface area contributed by atoms with Gasteiger partial charge in [-0.15, -0.1) is 5.10 Å². The zero-order valence-electron chi connectivity index (χ0n) is 21.2. The van der Waals surface area contributed by atoms with E-state index in [0.29, 0.717) is 17.9 Å². The Morgan fingerprint density at radius 3 is 2.58 bits per heavy atom. The number of anilines is 2. The molecule has 0 aliphatic carbocycles. The number of carbonyl (C=O) groups is 2. The summed E-state index contributed by atoms with van der Waals surface area (Å²) in [6.07, 6.45) is 4.62. The Hall–Kier alpha value is -3.88. The second-order valence-electron chi connectivity index (χ2n) is 9.04. The van der Waals surface area contributed by atoms with E-state index in [2.05, 4.69) is 38.8 Å². The molecule has 4 rings (SSSR count). The minimum atomic E-state index is -0.686. The largest absolute Gasteiger partial charge is 0.497 e. The standard InChI is InChI=1S/C27H34N6O3/c1-4-5-14-24(26(34)28-20-10-8-11-21(17-20)32-15-6-7-16-32)29-27(35)25-19(2)33(31-30-25)22-12-9-13-23(18-22)36-3/h8-13,17-18,24H,4-7,14-16H2,1-3H3,(H,28,34)(H,29,35). The monoisotopic (exact) mass is 490 g/mol. The maximum Gasteiger partial charge on any atom is 0.274 e. The fourth-order valence-corrected chi connectivity index (χ4v) is 4.42. The van der Waals surface area contributed by atoms with E-state index in [-0.39, 0.29) is 11.6 Å². The summed E-state index contributed by atoms with van der Waals surface area (Å²) in [6, 6.07) is 14.5. The summed E-state index contributed by atoms with van der Waals surface area (Å²) in [5, 5.41) is 14.1. The van der Waals surface area contributed by atoms with Crippen LogP contribution in [-0.4, -0.2) is 53.0 Å². The van der Waals surface area contributed by atoms with Gasteiger partial charge in [0, 0.05) is 30.5 Å². The van der Waals surface area contributed by atoms with Crippen LogP contribution in [-0.2, 0) is 4.79 Å². The summed E-state index contributed by atoms with van der Waals surface area (Å²) in [7, 11) is 1.59. The van der Waals surface area contributed by atoms with E-state index < -0.39 is 11.9 Å². The lowest BCUT2D eigenvalue weighted by Crippen LogP contribution is -2.44. The van der Waals surface area contributed by atoms with Crippen molar-refractivity contribution in [1.82, 2.24) is 20.3 Å². The van der Waals surface area contributed by atoms with E-state index in [9.17, 15) is 9.59 Å². The van der Waals surface area contributed by atoms with E-state index in [0.717, 1.165) is 43.0 Å². The third-order valence-electron chi connectivity index (χ3n) is 6.46. The number of nitrogens with one attached hydrogen (secondary N) is 2. The number of carbonyl (C=O) groups excluding carboxylic acids is 2. The zero-order chi connectivity index (χ0) is 25.5. The van der Waals surface area contributed by atoms with Crippen molar-refractivity contribution in [2.24, 2.45) is 0 Å². The number of unbranched alkanes of at least 4 members (excludes halogenated alkanes) is 1. The van der Waals surface area contributed by atoms with Crippen molar-refractivity contribution in [2.45, 2.75) is 52.0 Å². The number of ether oxygens (including phenoxy) is 1. The second-order valence-corrected chi connectivity index (χ2v) is 9.04. The molecule has 2 amide bonds. The third-order valence-corrected chi connectivity index (χ3v) is 6.46. The Morgan fingerprint density at radius 1 is 1.08 bits per heavy atom. The number of nitrogens with zero attached hydrogens (tertiary/aromatic N) is 4. The van der Waals surface area contributed by atoms with Gasteiger partial charge < -0.3 is 20.3 Å². The molecule has 2 aromatic carbocycles. The fourth-order valence-electron chi connectivity index (χ4n) is 4.42. The molecule has 0 bridgehead atoms. The SMILES string of the molecule is CCCCC(NC(=O)c1nnn(-c2cccc(OC)c2)c1C)C(=O)Nc1cccc(N2CCCC2)c1. The number of benzene rings is 2. The van der Waals surface area contributed by atoms with Crippen molar-refractivity contribution < 1.29 is 14.3 Å². The highest BCUT2D eigenvalue weighted by Gasteiger charge is 2.25. The van der Waals surface area contributed by atoms with E-state index in [4.69, 9.17) is 4.74 Å². The van der Waals surface area contributed by atoms with Gasteiger partial charge in [-0.3, -0.25) is 9.59 Å². The Bertz CT molecular complexity index is 1200. The van der Waals surface area contributed by atoms with Crippen LogP contribution >= 0.6 is 0 Å². The predicted octanol–water partition coefficient (Wildman–Crippen LogP) is 4.11. The first kappa shape index (κ1) is 25.2. The van der Waals surface area contributed by atoms with Gasteiger partial charge >= 0.3 is 0 Å². The molecule has 1 aliphatic heterocycles. The minimum Gasteiger partial charge on any atom is -0.497 e. The Kier molecular flexibility index (Phi) is 8.20. The lowest BCUT2D eigenvalue weighted by molar-refractivity contribution is -0.118. The lowest BCUT2D eigenvalue weighted by Gasteiger charge is -2.20. The summed E-state index contributed by atoms with van der Waals surface area (Å²) in [5.41, 5.74) is 3.32. The summed E-state index contributed by atoms with van der Waals surface area (Å²) in [5.74, 6) is 0.00966. The predicted molar refractivity (Wildman–Crippen MR) is 140 cm³/mol. The highest BCUT2D eigenvalue weighted by Crippen LogP contribution is 2.24. The zero-order valence-corrected chi connectivity index (χ0v) is 21.2. The van der Waals surface area contributed by atoms with Crippen molar-refractivity contribution in [3.05, 3.63) is 59.9 Å². The highest BCUT2D eigenvalue weighted by molar-refractivity contribution is 6.01. The number of rotatable bonds is 10. The molecule has 9 heteroatoms. The number of methoxy groups -OCH3 is 1. The van der Waals surface area contributed by atoms with Crippen LogP contribution in [0.2, 0.25) is 0 Å². The molecule has 1 aromatic heterocycles. The molecule has 0 saturated carbocycles. The minimum absolute atomic E-state index is 0.183. The Morgan fingerprint density at radius 2 is 1.83 bits per heavy atom. The molecular weight excluding hydrogens is 456 g/mol. The van der Waals surface area contributed by atoms with Gasteiger partial charge in [0.05, 0.1) is 18.5 Å². The molecule has 0 spiro atoms. The van der Waals surface area contributed by atoms with E-state index in [1.807, 2.05) is 42.5 Å². The first-order valence-corrected chi connectivity index (χ1v) is 12.5. The molecule has 2 N–H and O–H groups in total. The summed E-state index contributed by atoms with van der Waals surface area (Å²) in [4.78, 5) is 28.7. The lowest BCUT2D eigenvalue weighted by atomic mass is 10.1. The maximum absolute atomic E-state index is 13.2. The second kappa shape index (κ2) is 11.7. The number of amides is 2. The van der Waals surface area contributed by atoms with Gasteiger partial charge in [-0.25, -0.2) is 4.68 Å². The average molecular weight is 491 g/mol. The quantitative estimate of drug-likeness (QED) is 0.444. The topological polar surface area (TPSA) is 101 Å².